The number of ether oxygens (including phenoxy) is 1. The van der Waals surface area contributed by atoms with Crippen molar-refractivity contribution in [2.24, 2.45) is 11.3 Å². The molecule has 112 valence electrons. The summed E-state index contributed by atoms with van der Waals surface area (Å²) in [6.45, 7) is 4.64. The summed E-state index contributed by atoms with van der Waals surface area (Å²) in [5, 5.41) is 3.54. The lowest BCUT2D eigenvalue weighted by molar-refractivity contribution is 0.156. The summed E-state index contributed by atoms with van der Waals surface area (Å²) < 4.78 is 5.54. The fourth-order valence-corrected chi connectivity index (χ4v) is 4.03. The minimum atomic E-state index is 0.281. The summed E-state index contributed by atoms with van der Waals surface area (Å²) in [6.07, 6.45) is 8.37. The summed E-state index contributed by atoms with van der Waals surface area (Å²) in [5.74, 6) is 1.61. The second-order valence-electron chi connectivity index (χ2n) is 6.48. The second-order valence-corrected chi connectivity index (χ2v) is 6.48. The van der Waals surface area contributed by atoms with Crippen LogP contribution < -0.4 is 10.1 Å². The Labute approximate surface area is 123 Å². The van der Waals surface area contributed by atoms with Gasteiger partial charge in [0.05, 0.1) is 18.8 Å². The van der Waals surface area contributed by atoms with Crippen LogP contribution in [0.1, 0.15) is 57.7 Å². The number of aromatic nitrogens is 1. The number of nitrogens with one attached hydrogen (secondary N) is 1. The number of pyridine rings is 1. The first-order chi connectivity index (χ1) is 9.63. The van der Waals surface area contributed by atoms with Crippen LogP contribution in [0.2, 0.25) is 0 Å². The van der Waals surface area contributed by atoms with Crippen LogP contribution in [0.3, 0.4) is 0 Å². The molecule has 0 spiro atoms. The van der Waals surface area contributed by atoms with Crippen LogP contribution in [0, 0.1) is 11.3 Å². The minimum absolute atomic E-state index is 0.281. The van der Waals surface area contributed by atoms with Crippen molar-refractivity contribution in [2.75, 3.05) is 14.2 Å². The van der Waals surface area contributed by atoms with Gasteiger partial charge in [-0.1, -0.05) is 26.7 Å². The summed E-state index contributed by atoms with van der Waals surface area (Å²) in [6, 6.07) is 4.24. The molecule has 0 saturated heterocycles. The molecule has 3 heteroatoms. The van der Waals surface area contributed by atoms with Gasteiger partial charge in [-0.3, -0.25) is 4.98 Å². The highest BCUT2D eigenvalue weighted by molar-refractivity contribution is 5.31. The van der Waals surface area contributed by atoms with Gasteiger partial charge in [0.15, 0.2) is 0 Å². The molecule has 20 heavy (non-hydrogen) atoms. The molecule has 1 N–H and O–H groups in total. The predicted molar refractivity (Wildman–Crippen MR) is 82.9 cm³/mol. The average molecular weight is 276 g/mol. The van der Waals surface area contributed by atoms with Crippen LogP contribution in [-0.4, -0.2) is 19.1 Å². The van der Waals surface area contributed by atoms with E-state index in [2.05, 4.69) is 31.2 Å². The Hall–Kier alpha value is -1.09. The lowest BCUT2D eigenvalue weighted by Crippen LogP contribution is -2.36. The molecule has 0 radical (unpaired) electrons. The highest BCUT2D eigenvalue weighted by Gasteiger charge is 2.43. The zero-order chi connectivity index (χ0) is 14.6. The maximum absolute atomic E-state index is 5.54. The second kappa shape index (κ2) is 6.57. The first-order valence-corrected chi connectivity index (χ1v) is 7.79. The van der Waals surface area contributed by atoms with Crippen LogP contribution >= 0.6 is 0 Å². The predicted octanol–water partition coefficient (Wildman–Crippen LogP) is 3.96. The Balaban J connectivity index is 2.38. The molecular formula is C17H28N2O. The standard InChI is InChI=1S/C17H28N2O/c1-13(2)12-17(9-5-6-10-17)16(18-3)15-14(20-4)8-7-11-19-15/h7-8,11,13,16,18H,5-6,9-10,12H2,1-4H3. The van der Waals surface area contributed by atoms with Gasteiger partial charge in [0.1, 0.15) is 5.75 Å². The molecule has 3 nitrogen and oxygen atoms in total. The highest BCUT2D eigenvalue weighted by atomic mass is 16.5. The van der Waals surface area contributed by atoms with Crippen LogP contribution in [0.4, 0.5) is 0 Å². The lowest BCUT2D eigenvalue weighted by Gasteiger charge is -2.39. The highest BCUT2D eigenvalue weighted by Crippen LogP contribution is 2.52. The van der Waals surface area contributed by atoms with E-state index < -0.39 is 0 Å². The smallest absolute Gasteiger partial charge is 0.142 e. The molecule has 1 aliphatic carbocycles. The van der Waals surface area contributed by atoms with Gasteiger partial charge in [-0.15, -0.1) is 0 Å². The monoisotopic (exact) mass is 276 g/mol. The van der Waals surface area contributed by atoms with E-state index in [1.54, 1.807) is 7.11 Å². The largest absolute Gasteiger partial charge is 0.495 e. The third-order valence-corrected chi connectivity index (χ3v) is 4.61. The van der Waals surface area contributed by atoms with Gasteiger partial charge in [-0.25, -0.2) is 0 Å². The zero-order valence-corrected chi connectivity index (χ0v) is 13.3. The third-order valence-electron chi connectivity index (χ3n) is 4.61. The van der Waals surface area contributed by atoms with Crippen LogP contribution in [0.5, 0.6) is 5.75 Å². The molecule has 0 aliphatic heterocycles. The maximum atomic E-state index is 5.54. The van der Waals surface area contributed by atoms with E-state index in [4.69, 9.17) is 4.74 Å². The Morgan fingerprint density at radius 2 is 2.05 bits per heavy atom. The molecule has 1 heterocycles. The molecule has 0 bridgehead atoms. The molecule has 1 unspecified atom stereocenters. The van der Waals surface area contributed by atoms with Gasteiger partial charge in [0.25, 0.3) is 0 Å². The molecule has 1 aromatic rings. The van der Waals surface area contributed by atoms with Crippen molar-refractivity contribution >= 4 is 0 Å². The Kier molecular flexibility index (Phi) is 5.03. The summed E-state index contributed by atoms with van der Waals surface area (Å²) in [4.78, 5) is 4.63. The summed E-state index contributed by atoms with van der Waals surface area (Å²) in [5.41, 5.74) is 1.39. The zero-order valence-electron chi connectivity index (χ0n) is 13.3. The topological polar surface area (TPSA) is 34.2 Å². The third kappa shape index (κ3) is 2.98. The number of methoxy groups -OCH3 is 1. The number of nitrogens with zero attached hydrogens (tertiary/aromatic N) is 1. The van der Waals surface area contributed by atoms with Gasteiger partial charge in [0.2, 0.25) is 0 Å². The van der Waals surface area contributed by atoms with Crippen LogP contribution in [0.25, 0.3) is 0 Å². The quantitative estimate of drug-likeness (QED) is 0.854. The minimum Gasteiger partial charge on any atom is -0.495 e. The van der Waals surface area contributed by atoms with Gasteiger partial charge in [-0.05, 0) is 49.8 Å². The van der Waals surface area contributed by atoms with Crippen LogP contribution in [0.15, 0.2) is 18.3 Å². The first kappa shape index (κ1) is 15.3. The van der Waals surface area contributed by atoms with Crippen molar-refractivity contribution in [1.29, 1.82) is 0 Å². The Bertz CT molecular complexity index is 425. The van der Waals surface area contributed by atoms with Gasteiger partial charge >= 0.3 is 0 Å². The van der Waals surface area contributed by atoms with E-state index in [0.717, 1.165) is 11.4 Å². The van der Waals surface area contributed by atoms with E-state index >= 15 is 0 Å². The fourth-order valence-electron chi connectivity index (χ4n) is 4.03. The van der Waals surface area contributed by atoms with E-state index in [1.165, 1.54) is 32.1 Å². The molecule has 1 atom stereocenters. The fraction of sp³-hybridized carbons (Fsp3) is 0.706. The van der Waals surface area contributed by atoms with E-state index in [9.17, 15) is 0 Å². The maximum Gasteiger partial charge on any atom is 0.142 e. The first-order valence-electron chi connectivity index (χ1n) is 7.79. The number of hydrogen-bond acceptors (Lipinski definition) is 3. The van der Waals surface area contributed by atoms with E-state index in [1.807, 2.05) is 18.3 Å². The number of hydrogen-bond donors (Lipinski definition) is 1. The molecule has 0 amide bonds. The van der Waals surface area contributed by atoms with E-state index in [-0.39, 0.29) is 6.04 Å². The van der Waals surface area contributed by atoms with Crippen molar-refractivity contribution in [3.63, 3.8) is 0 Å². The molecule has 1 aromatic heterocycles. The van der Waals surface area contributed by atoms with E-state index in [0.29, 0.717) is 11.3 Å². The molecule has 0 aromatic carbocycles. The molecule has 1 fully saturated rings. The van der Waals surface area contributed by atoms with Gasteiger partial charge in [-0.2, -0.15) is 0 Å². The Morgan fingerprint density at radius 3 is 2.60 bits per heavy atom. The normalized spacial score (nSPS) is 19.2. The van der Waals surface area contributed by atoms with Crippen molar-refractivity contribution < 1.29 is 4.74 Å². The average Bonchev–Trinajstić information content (AvgIpc) is 2.88. The summed E-state index contributed by atoms with van der Waals surface area (Å²) >= 11 is 0. The lowest BCUT2D eigenvalue weighted by atomic mass is 9.71. The number of rotatable bonds is 6. The Morgan fingerprint density at radius 1 is 1.35 bits per heavy atom. The summed E-state index contributed by atoms with van der Waals surface area (Å²) in [7, 11) is 3.79. The van der Waals surface area contributed by atoms with Crippen molar-refractivity contribution in [2.45, 2.75) is 52.0 Å². The van der Waals surface area contributed by atoms with Crippen molar-refractivity contribution in [1.82, 2.24) is 10.3 Å². The SMILES string of the molecule is CNC(c1ncccc1OC)C1(CC(C)C)CCCC1. The van der Waals surface area contributed by atoms with Crippen molar-refractivity contribution in [3.8, 4) is 5.75 Å². The molecular weight excluding hydrogens is 248 g/mol. The van der Waals surface area contributed by atoms with Gasteiger partial charge in [0, 0.05) is 6.20 Å². The molecule has 1 aliphatic rings. The van der Waals surface area contributed by atoms with Crippen molar-refractivity contribution in [3.05, 3.63) is 24.0 Å². The molecule has 2 rings (SSSR count). The molecule has 1 saturated carbocycles. The van der Waals surface area contributed by atoms with Gasteiger partial charge < -0.3 is 10.1 Å². The van der Waals surface area contributed by atoms with Crippen LogP contribution in [-0.2, 0) is 0 Å².